The van der Waals surface area contributed by atoms with E-state index in [1.165, 1.54) is 25.9 Å². The number of quaternary nitrogens is 1. The Bertz CT molecular complexity index is 878. The van der Waals surface area contributed by atoms with E-state index in [0.29, 0.717) is 28.8 Å². The number of carbonyl (C=O) groups is 3. The molecule has 0 aromatic rings. The Morgan fingerprint density at radius 2 is 1.40 bits per heavy atom. The lowest BCUT2D eigenvalue weighted by Crippen LogP contribution is -2.56. The van der Waals surface area contributed by atoms with Gasteiger partial charge in [-0.3, -0.25) is 14.4 Å². The summed E-state index contributed by atoms with van der Waals surface area (Å²) < 4.78 is 5.13. The van der Waals surface area contributed by atoms with Crippen molar-refractivity contribution in [2.45, 2.75) is 100 Å². The van der Waals surface area contributed by atoms with Gasteiger partial charge in [0.05, 0.1) is 32.2 Å². The molecule has 8 heteroatoms. The lowest BCUT2D eigenvalue weighted by Gasteiger charge is -2.36. The topological polar surface area (TPSA) is 96.5 Å². The lowest BCUT2D eigenvalue weighted by atomic mass is 10.1. The molecule has 0 bridgehead atoms. The van der Waals surface area contributed by atoms with Crippen LogP contribution >= 0.6 is 0 Å². The van der Waals surface area contributed by atoms with Crippen LogP contribution in [-0.2, 0) is 19.1 Å². The third-order valence-electron chi connectivity index (χ3n) is 6.74. The van der Waals surface area contributed by atoms with Crippen LogP contribution in [0.25, 0.3) is 0 Å². The van der Waals surface area contributed by atoms with E-state index in [0.717, 1.165) is 56.3 Å². The summed E-state index contributed by atoms with van der Waals surface area (Å²) in [4.78, 5) is 37.2. The van der Waals surface area contributed by atoms with Crippen molar-refractivity contribution in [2.24, 2.45) is 0 Å². The van der Waals surface area contributed by atoms with Gasteiger partial charge < -0.3 is 25.2 Å². The fourth-order valence-corrected chi connectivity index (χ4v) is 4.47. The number of likely N-dealkylation sites (tertiary alicyclic amines) is 1. The van der Waals surface area contributed by atoms with Crippen LogP contribution in [0.5, 0.6) is 0 Å². The number of nitrogens with zero attached hydrogens (tertiary/aromatic N) is 1. The number of carbonyl (C=O) groups excluding carboxylic acids is 3. The van der Waals surface area contributed by atoms with Crippen LogP contribution < -0.4 is 16.0 Å². The maximum absolute atomic E-state index is 13.0. The second-order valence-corrected chi connectivity index (χ2v) is 11.1. The summed E-state index contributed by atoms with van der Waals surface area (Å²) in [6, 6.07) is 0. The Hall–Kier alpha value is -2.71. The number of rotatable bonds is 15. The average Bonchev–Trinajstić information content (AvgIpc) is 3.18. The fraction of sp³-hybridized carbons (Fsp3) is 0.676. The quantitative estimate of drug-likeness (QED) is 0.0717. The van der Waals surface area contributed by atoms with Crippen molar-refractivity contribution >= 4 is 17.6 Å². The summed E-state index contributed by atoms with van der Waals surface area (Å²) in [6.45, 7) is 24.3. The molecule has 0 aromatic carbocycles. The van der Waals surface area contributed by atoms with E-state index < -0.39 is 0 Å². The highest BCUT2D eigenvalue weighted by Crippen LogP contribution is 2.19. The van der Waals surface area contributed by atoms with Gasteiger partial charge in [-0.25, -0.2) is 0 Å². The predicted octanol–water partition coefficient (Wildman–Crippen LogP) is 5.97. The van der Waals surface area contributed by atoms with Crippen molar-refractivity contribution < 1.29 is 23.6 Å². The molecule has 0 aliphatic carbocycles. The van der Waals surface area contributed by atoms with Gasteiger partial charge in [0.15, 0.2) is 12.3 Å². The molecule has 42 heavy (non-hydrogen) atoms. The second-order valence-electron chi connectivity index (χ2n) is 11.1. The van der Waals surface area contributed by atoms with Gasteiger partial charge in [-0.2, -0.15) is 0 Å². The van der Waals surface area contributed by atoms with Crippen molar-refractivity contribution in [3.8, 4) is 0 Å². The van der Waals surface area contributed by atoms with E-state index in [4.69, 9.17) is 0 Å². The molecule has 0 atom stereocenters. The van der Waals surface area contributed by atoms with E-state index in [2.05, 4.69) is 41.1 Å². The minimum Gasteiger partial charge on any atom is -0.504 e. The van der Waals surface area contributed by atoms with Crippen LogP contribution in [0.4, 0.5) is 0 Å². The number of hydrogen-bond acceptors (Lipinski definition) is 5. The standard InChI is InChI=1S/C22H37N3O3.C6H15N.C6H10O/c1-6-12-23-22(28)19(5)21(17(3)7-2)24-20(27)16-25(15-18(4)26)13-10-8-9-11-14-25;1-3-5-7-6-4-2;1-6(2)4-5-7-3/h7H,6,8-16H2,1-5H3,(H-,23,24,27,28);7H,3-6H2,1-2H3;4-5H,1H2,2-3H3/p+1/b17-7-;;5-4-. The maximum atomic E-state index is 13.0. The van der Waals surface area contributed by atoms with Crippen LogP contribution in [0.1, 0.15) is 100 Å². The minimum absolute atomic E-state index is 0.116. The Morgan fingerprint density at radius 3 is 1.81 bits per heavy atom. The number of ketones is 1. The molecule has 1 fully saturated rings. The normalized spacial score (nSPS) is 15.1. The van der Waals surface area contributed by atoms with Crippen LogP contribution in [0.3, 0.4) is 0 Å². The van der Waals surface area contributed by atoms with Crippen molar-refractivity contribution in [1.29, 1.82) is 0 Å². The Labute approximate surface area is 257 Å². The van der Waals surface area contributed by atoms with Crippen LogP contribution in [0.15, 0.2) is 47.4 Å². The number of ether oxygens (including phenoxy) is 1. The largest absolute Gasteiger partial charge is 0.504 e. The van der Waals surface area contributed by atoms with Crippen molar-refractivity contribution in [2.75, 3.05) is 52.9 Å². The number of allylic oxidation sites excluding steroid dienone is 4. The molecule has 2 amide bonds. The summed E-state index contributed by atoms with van der Waals surface area (Å²) in [5, 5.41) is 9.12. The molecule has 1 heterocycles. The minimum atomic E-state index is -0.166. The van der Waals surface area contributed by atoms with Crippen molar-refractivity contribution in [3.05, 3.63) is 47.4 Å². The number of nitrogens with one attached hydrogen (secondary N) is 3. The zero-order chi connectivity index (χ0) is 32.4. The molecule has 0 radical (unpaired) electrons. The molecule has 1 aliphatic heterocycles. The van der Waals surface area contributed by atoms with Gasteiger partial charge in [0.2, 0.25) is 5.91 Å². The van der Waals surface area contributed by atoms with Gasteiger partial charge in [-0.1, -0.05) is 39.0 Å². The average molecular weight is 592 g/mol. The molecule has 0 aromatic heterocycles. The van der Waals surface area contributed by atoms with Crippen LogP contribution in [0, 0.1) is 0 Å². The zero-order valence-electron chi connectivity index (χ0n) is 28.4. The molecule has 1 rings (SSSR count). The smallest absolute Gasteiger partial charge is 0.279 e. The van der Waals surface area contributed by atoms with Gasteiger partial charge >= 0.3 is 0 Å². The van der Waals surface area contributed by atoms with Gasteiger partial charge in [0.1, 0.15) is 6.54 Å². The molecule has 0 unspecified atom stereocenters. The maximum Gasteiger partial charge on any atom is 0.279 e. The van der Waals surface area contributed by atoms with Crippen LogP contribution in [-0.4, -0.2) is 75.0 Å². The van der Waals surface area contributed by atoms with Gasteiger partial charge in [-0.05, 0) is 97.4 Å². The van der Waals surface area contributed by atoms with E-state index in [9.17, 15) is 14.4 Å². The summed E-state index contributed by atoms with van der Waals surface area (Å²) >= 11 is 0. The monoisotopic (exact) mass is 591 g/mol. The first-order chi connectivity index (χ1) is 19.9. The Morgan fingerprint density at radius 1 is 0.857 bits per heavy atom. The Balaban J connectivity index is 0. The third kappa shape index (κ3) is 21.1. The number of amides is 2. The molecule has 0 spiro atoms. The van der Waals surface area contributed by atoms with Crippen molar-refractivity contribution in [3.63, 3.8) is 0 Å². The molecule has 242 valence electrons. The third-order valence-corrected chi connectivity index (χ3v) is 6.74. The predicted molar refractivity (Wildman–Crippen MR) is 177 cm³/mol. The first-order valence-corrected chi connectivity index (χ1v) is 15.8. The second kappa shape index (κ2) is 26.0. The summed E-state index contributed by atoms with van der Waals surface area (Å²) in [7, 11) is 1.61. The van der Waals surface area contributed by atoms with Crippen molar-refractivity contribution in [1.82, 2.24) is 16.0 Å². The van der Waals surface area contributed by atoms with Gasteiger partial charge in [-0.15, -0.1) is 0 Å². The zero-order valence-corrected chi connectivity index (χ0v) is 28.4. The van der Waals surface area contributed by atoms with E-state index in [1.807, 2.05) is 33.8 Å². The van der Waals surface area contributed by atoms with Gasteiger partial charge in [0.25, 0.3) is 5.91 Å². The summed E-state index contributed by atoms with van der Waals surface area (Å²) in [5.41, 5.74) is 2.93. The first-order valence-electron chi connectivity index (χ1n) is 15.8. The summed E-state index contributed by atoms with van der Waals surface area (Å²) in [5.74, 6) is -0.187. The van der Waals surface area contributed by atoms with Crippen LogP contribution in [0.2, 0.25) is 0 Å². The molecule has 1 aliphatic rings. The molecule has 8 nitrogen and oxygen atoms in total. The van der Waals surface area contributed by atoms with Gasteiger partial charge in [0, 0.05) is 19.0 Å². The fourth-order valence-electron chi connectivity index (χ4n) is 4.47. The van der Waals surface area contributed by atoms with E-state index in [1.54, 1.807) is 33.3 Å². The number of Topliss-reactive ketones (excluding diaryl/α,β-unsaturated/α-hetero) is 1. The highest BCUT2D eigenvalue weighted by atomic mass is 16.5. The lowest BCUT2D eigenvalue weighted by molar-refractivity contribution is -0.912. The summed E-state index contributed by atoms with van der Waals surface area (Å²) in [6.07, 6.45) is 13.0. The Kier molecular flexibility index (Phi) is 25.6. The molecular weight excluding hydrogens is 528 g/mol. The van der Waals surface area contributed by atoms with E-state index >= 15 is 0 Å². The molecule has 0 saturated carbocycles. The molecular formula is C34H63N4O4+. The highest BCUT2D eigenvalue weighted by Gasteiger charge is 2.33. The SMILES string of the molecule is C/C=C(C)\C(NC(=O)C[N+]1(CC(C)=O)CCCCCC1)=C(/C)C(=O)NCCC.C=C(C)/C=C\OC.CCCNCCC. The number of methoxy groups -OCH3 is 1. The molecule has 3 N–H and O–H groups in total. The highest BCUT2D eigenvalue weighted by molar-refractivity contribution is 5.95. The molecule has 1 saturated heterocycles. The number of hydrogen-bond donors (Lipinski definition) is 3. The first kappa shape index (κ1) is 41.4. The van der Waals surface area contributed by atoms with E-state index in [-0.39, 0.29) is 24.1 Å².